The molecule has 0 aliphatic heterocycles. The van der Waals surface area contributed by atoms with E-state index in [0.717, 1.165) is 44.9 Å². The summed E-state index contributed by atoms with van der Waals surface area (Å²) in [6, 6.07) is 0. The molecule has 0 N–H and O–H groups in total. The van der Waals surface area contributed by atoms with Crippen molar-refractivity contribution in [1.29, 1.82) is 0 Å². The van der Waals surface area contributed by atoms with Gasteiger partial charge in [-0.15, -0.1) is 0 Å². The Bertz CT molecular complexity index is 377. The number of hydrogen-bond donors (Lipinski definition) is 0. The van der Waals surface area contributed by atoms with E-state index in [0.29, 0.717) is 4.32 Å². The molecular weight excluding hydrogens is 348 g/mol. The van der Waals surface area contributed by atoms with E-state index in [2.05, 4.69) is 39.7 Å². The molecular formula is C21H41ClN2S. The molecule has 0 aromatic heterocycles. The van der Waals surface area contributed by atoms with E-state index in [1.807, 2.05) is 0 Å². The van der Waals surface area contributed by atoms with E-state index in [1.54, 1.807) is 0 Å². The normalized spacial score (nSPS) is 14.8. The molecule has 0 spiro atoms. The average Bonchev–Trinajstić information content (AvgIpc) is 2.52. The van der Waals surface area contributed by atoms with Crippen molar-refractivity contribution < 1.29 is 0 Å². The van der Waals surface area contributed by atoms with Crippen molar-refractivity contribution in [2.45, 2.75) is 129 Å². The molecule has 0 rings (SSSR count). The molecule has 0 aromatic carbocycles. The molecule has 0 fully saturated rings. The minimum Gasteiger partial charge on any atom is -0.188 e. The Balaban J connectivity index is 4.76. The van der Waals surface area contributed by atoms with Gasteiger partial charge < -0.3 is 0 Å². The maximum absolute atomic E-state index is 5.84. The Morgan fingerprint density at radius 3 is 1.84 bits per heavy atom. The first-order valence-electron chi connectivity index (χ1n) is 10.4. The van der Waals surface area contributed by atoms with Crippen molar-refractivity contribution in [2.24, 2.45) is 10.2 Å². The fraction of sp³-hybridized carbons (Fsp3) is 0.952. The summed E-state index contributed by atoms with van der Waals surface area (Å²) >= 11 is 10.8. The number of hydrogen-bond acceptors (Lipinski definition) is 3. The van der Waals surface area contributed by atoms with Crippen LogP contribution in [0.25, 0.3) is 0 Å². The molecule has 0 saturated heterocycles. The summed E-state index contributed by atoms with van der Waals surface area (Å²) in [5.41, 5.74) is -0.0848. The third-order valence-electron chi connectivity index (χ3n) is 4.54. The lowest BCUT2D eigenvalue weighted by atomic mass is 9.83. The molecule has 4 heteroatoms. The smallest absolute Gasteiger partial charge is 0.0816 e. The zero-order valence-corrected chi connectivity index (χ0v) is 18.9. The highest BCUT2D eigenvalue weighted by molar-refractivity contribution is 7.83. The highest BCUT2D eigenvalue weighted by Crippen LogP contribution is 2.33. The van der Waals surface area contributed by atoms with Crippen molar-refractivity contribution in [3.8, 4) is 0 Å². The van der Waals surface area contributed by atoms with E-state index in [9.17, 15) is 0 Å². The molecule has 0 amide bonds. The molecule has 1 unspecified atom stereocenters. The van der Waals surface area contributed by atoms with Gasteiger partial charge in [0.05, 0.1) is 15.4 Å². The first-order chi connectivity index (χ1) is 11.7. The minimum atomic E-state index is -0.0994. The SMILES string of the molecule is CCCCCCCCC(CCC)(CCCCC(=S)Cl)/N=N/C(C)(C)C. The van der Waals surface area contributed by atoms with E-state index in [1.165, 1.54) is 38.5 Å². The maximum Gasteiger partial charge on any atom is 0.0816 e. The summed E-state index contributed by atoms with van der Waals surface area (Å²) in [5.74, 6) is 0. The second-order valence-corrected chi connectivity index (χ2v) is 9.60. The summed E-state index contributed by atoms with van der Waals surface area (Å²) in [6.45, 7) is 10.9. The first-order valence-corrected chi connectivity index (χ1v) is 11.2. The van der Waals surface area contributed by atoms with Gasteiger partial charge in [0, 0.05) is 0 Å². The third kappa shape index (κ3) is 14.8. The lowest BCUT2D eigenvalue weighted by Gasteiger charge is -2.30. The van der Waals surface area contributed by atoms with Gasteiger partial charge in [-0.25, -0.2) is 0 Å². The van der Waals surface area contributed by atoms with E-state index in [4.69, 9.17) is 28.9 Å². The monoisotopic (exact) mass is 388 g/mol. The van der Waals surface area contributed by atoms with Crippen LogP contribution in [0.3, 0.4) is 0 Å². The second kappa shape index (κ2) is 14.1. The minimum absolute atomic E-state index is 0.0146. The highest BCUT2D eigenvalue weighted by atomic mass is 35.5. The number of azo groups is 1. The van der Waals surface area contributed by atoms with Gasteiger partial charge in [0.2, 0.25) is 0 Å². The van der Waals surface area contributed by atoms with E-state index in [-0.39, 0.29) is 11.1 Å². The zero-order chi connectivity index (χ0) is 19.2. The fourth-order valence-electron chi connectivity index (χ4n) is 3.20. The van der Waals surface area contributed by atoms with Crippen molar-refractivity contribution >= 4 is 28.1 Å². The predicted molar refractivity (Wildman–Crippen MR) is 117 cm³/mol. The van der Waals surface area contributed by atoms with Crippen LogP contribution in [-0.4, -0.2) is 15.4 Å². The van der Waals surface area contributed by atoms with Crippen LogP contribution in [0.1, 0.15) is 118 Å². The average molecular weight is 389 g/mol. The van der Waals surface area contributed by atoms with E-state index < -0.39 is 0 Å². The number of halogens is 1. The van der Waals surface area contributed by atoms with Crippen molar-refractivity contribution in [1.82, 2.24) is 0 Å². The van der Waals surface area contributed by atoms with Gasteiger partial charge in [-0.1, -0.05) is 89.0 Å². The van der Waals surface area contributed by atoms with Crippen LogP contribution < -0.4 is 0 Å². The van der Waals surface area contributed by atoms with Gasteiger partial charge in [0.15, 0.2) is 0 Å². The van der Waals surface area contributed by atoms with Gasteiger partial charge in [0.25, 0.3) is 0 Å². The summed E-state index contributed by atoms with van der Waals surface area (Å²) in [5, 5.41) is 9.59. The van der Waals surface area contributed by atoms with Crippen molar-refractivity contribution in [3.05, 3.63) is 0 Å². The number of nitrogens with zero attached hydrogens (tertiary/aromatic N) is 2. The largest absolute Gasteiger partial charge is 0.188 e. The third-order valence-corrected chi connectivity index (χ3v) is 4.93. The molecule has 2 nitrogen and oxygen atoms in total. The summed E-state index contributed by atoms with van der Waals surface area (Å²) in [6.07, 6.45) is 15.6. The lowest BCUT2D eigenvalue weighted by Crippen LogP contribution is -2.27. The molecule has 1 atom stereocenters. The standard InChI is InChI=1S/C21H41ClN2S/c1-6-8-9-10-11-13-17-21(16-7-2,24-23-20(3,4)5)18-14-12-15-19(22)25/h6-18H2,1-5H3/b24-23+. The van der Waals surface area contributed by atoms with Gasteiger partial charge in [-0.2, -0.15) is 10.2 Å². The number of thiocarbonyl (C=S) groups is 1. The summed E-state index contributed by atoms with van der Waals surface area (Å²) < 4.78 is 0.605. The molecule has 0 aliphatic rings. The first kappa shape index (κ1) is 25.0. The lowest BCUT2D eigenvalue weighted by molar-refractivity contribution is 0.290. The van der Waals surface area contributed by atoms with E-state index >= 15 is 0 Å². The molecule has 0 radical (unpaired) electrons. The Hall–Kier alpha value is -0.0200. The van der Waals surface area contributed by atoms with Crippen molar-refractivity contribution in [2.75, 3.05) is 0 Å². The fourth-order valence-corrected chi connectivity index (χ4v) is 3.48. The zero-order valence-electron chi connectivity index (χ0n) is 17.4. The molecule has 0 aromatic rings. The highest BCUT2D eigenvalue weighted by Gasteiger charge is 2.29. The quantitative estimate of drug-likeness (QED) is 0.119. The van der Waals surface area contributed by atoms with Crippen LogP contribution >= 0.6 is 23.8 Å². The number of unbranched alkanes of at least 4 members (excludes halogenated alkanes) is 6. The predicted octanol–water partition coefficient (Wildman–Crippen LogP) is 8.65. The van der Waals surface area contributed by atoms with Crippen LogP contribution in [0.4, 0.5) is 0 Å². The molecule has 25 heavy (non-hydrogen) atoms. The topological polar surface area (TPSA) is 24.7 Å². The van der Waals surface area contributed by atoms with Gasteiger partial charge in [-0.05, 0) is 52.9 Å². The van der Waals surface area contributed by atoms with Crippen molar-refractivity contribution in [3.63, 3.8) is 0 Å². The maximum atomic E-state index is 5.84. The Labute approximate surface area is 167 Å². The molecule has 148 valence electrons. The molecule has 0 aliphatic carbocycles. The molecule has 0 bridgehead atoms. The summed E-state index contributed by atoms with van der Waals surface area (Å²) in [7, 11) is 0. The van der Waals surface area contributed by atoms with Crippen LogP contribution in [0.15, 0.2) is 10.2 Å². The Morgan fingerprint density at radius 1 is 0.760 bits per heavy atom. The summed E-state index contributed by atoms with van der Waals surface area (Å²) in [4.78, 5) is 0. The van der Waals surface area contributed by atoms with Crippen LogP contribution in [0.2, 0.25) is 0 Å². The van der Waals surface area contributed by atoms with Gasteiger partial charge >= 0.3 is 0 Å². The van der Waals surface area contributed by atoms with Gasteiger partial charge in [0.1, 0.15) is 0 Å². The number of rotatable bonds is 15. The Kier molecular flexibility index (Phi) is 14.1. The van der Waals surface area contributed by atoms with Crippen LogP contribution in [-0.2, 0) is 0 Å². The van der Waals surface area contributed by atoms with Crippen LogP contribution in [0.5, 0.6) is 0 Å². The second-order valence-electron chi connectivity index (χ2n) is 8.43. The van der Waals surface area contributed by atoms with Gasteiger partial charge in [-0.3, -0.25) is 0 Å². The van der Waals surface area contributed by atoms with Crippen LogP contribution in [0, 0.1) is 0 Å². The Morgan fingerprint density at radius 2 is 1.32 bits per heavy atom. The molecule has 0 saturated carbocycles. The molecule has 0 heterocycles.